The SMILES string of the molecule is Nc1cccc(-c2cc(=O)c3ccc4c(c3o2)OCCO4)c1. The highest BCUT2D eigenvalue weighted by molar-refractivity contribution is 5.87. The maximum absolute atomic E-state index is 12.4. The lowest BCUT2D eigenvalue weighted by molar-refractivity contribution is 0.172. The molecular formula is C17H13NO4. The van der Waals surface area contributed by atoms with Gasteiger partial charge in [-0.25, -0.2) is 0 Å². The van der Waals surface area contributed by atoms with Gasteiger partial charge in [0.25, 0.3) is 0 Å². The fourth-order valence-electron chi connectivity index (χ4n) is 2.56. The Labute approximate surface area is 125 Å². The zero-order valence-corrected chi connectivity index (χ0v) is 11.7. The molecule has 3 aromatic rings. The second-order valence-electron chi connectivity index (χ2n) is 5.07. The first-order valence-electron chi connectivity index (χ1n) is 6.95. The van der Waals surface area contributed by atoms with Crippen LogP contribution in [0.25, 0.3) is 22.3 Å². The highest BCUT2D eigenvalue weighted by Gasteiger charge is 2.19. The number of nitrogen functional groups attached to an aromatic ring is 1. The van der Waals surface area contributed by atoms with E-state index in [1.165, 1.54) is 6.07 Å². The van der Waals surface area contributed by atoms with Crippen LogP contribution in [0.4, 0.5) is 5.69 Å². The molecule has 2 N–H and O–H groups in total. The molecule has 0 saturated heterocycles. The fourth-order valence-corrected chi connectivity index (χ4v) is 2.56. The van der Waals surface area contributed by atoms with Crippen LogP contribution in [-0.4, -0.2) is 13.2 Å². The Hall–Kier alpha value is -2.95. The molecule has 0 spiro atoms. The van der Waals surface area contributed by atoms with Gasteiger partial charge in [0, 0.05) is 17.3 Å². The number of fused-ring (bicyclic) bond motifs is 3. The van der Waals surface area contributed by atoms with Gasteiger partial charge in [-0.2, -0.15) is 0 Å². The third-order valence-corrected chi connectivity index (χ3v) is 3.57. The van der Waals surface area contributed by atoms with Gasteiger partial charge in [0.2, 0.25) is 5.75 Å². The smallest absolute Gasteiger partial charge is 0.205 e. The predicted molar refractivity (Wildman–Crippen MR) is 83.3 cm³/mol. The summed E-state index contributed by atoms with van der Waals surface area (Å²) in [6, 6.07) is 12.1. The monoisotopic (exact) mass is 295 g/mol. The molecule has 0 fully saturated rings. The molecule has 0 radical (unpaired) electrons. The molecule has 0 saturated carbocycles. The Kier molecular flexibility index (Phi) is 2.79. The summed E-state index contributed by atoms with van der Waals surface area (Å²) in [5, 5.41) is 0.469. The summed E-state index contributed by atoms with van der Waals surface area (Å²) < 4.78 is 17.1. The number of ether oxygens (including phenoxy) is 2. The van der Waals surface area contributed by atoms with Crippen LogP contribution in [-0.2, 0) is 0 Å². The number of nitrogens with two attached hydrogens (primary N) is 1. The van der Waals surface area contributed by atoms with Crippen molar-refractivity contribution in [3.8, 4) is 22.8 Å². The number of rotatable bonds is 1. The van der Waals surface area contributed by atoms with E-state index in [2.05, 4.69) is 0 Å². The van der Waals surface area contributed by atoms with E-state index in [-0.39, 0.29) is 5.43 Å². The molecule has 1 aromatic heterocycles. The molecule has 110 valence electrons. The average Bonchev–Trinajstić information content (AvgIpc) is 2.54. The Morgan fingerprint density at radius 3 is 2.73 bits per heavy atom. The molecule has 0 bridgehead atoms. The normalized spacial score (nSPS) is 13.3. The van der Waals surface area contributed by atoms with Crippen LogP contribution in [0.5, 0.6) is 11.5 Å². The predicted octanol–water partition coefficient (Wildman–Crippen LogP) is 2.81. The largest absolute Gasteiger partial charge is 0.486 e. The van der Waals surface area contributed by atoms with Crippen molar-refractivity contribution in [1.29, 1.82) is 0 Å². The highest BCUT2D eigenvalue weighted by Crippen LogP contribution is 2.38. The Balaban J connectivity index is 2.00. The van der Waals surface area contributed by atoms with E-state index in [9.17, 15) is 4.79 Å². The first kappa shape index (κ1) is 12.8. The van der Waals surface area contributed by atoms with Gasteiger partial charge >= 0.3 is 0 Å². The van der Waals surface area contributed by atoms with Gasteiger partial charge in [-0.1, -0.05) is 12.1 Å². The van der Waals surface area contributed by atoms with E-state index in [1.54, 1.807) is 24.3 Å². The van der Waals surface area contributed by atoms with Crippen molar-refractivity contribution in [2.75, 3.05) is 18.9 Å². The Bertz CT molecular complexity index is 930. The summed E-state index contributed by atoms with van der Waals surface area (Å²) in [6.45, 7) is 0.913. The van der Waals surface area contributed by atoms with Crippen molar-refractivity contribution in [3.63, 3.8) is 0 Å². The molecule has 2 aromatic carbocycles. The van der Waals surface area contributed by atoms with Crippen molar-refractivity contribution >= 4 is 16.7 Å². The maximum Gasteiger partial charge on any atom is 0.205 e. The highest BCUT2D eigenvalue weighted by atomic mass is 16.6. The van der Waals surface area contributed by atoms with E-state index in [0.717, 1.165) is 5.56 Å². The van der Waals surface area contributed by atoms with E-state index >= 15 is 0 Å². The number of hydrogen-bond donors (Lipinski definition) is 1. The lowest BCUT2D eigenvalue weighted by atomic mass is 10.1. The van der Waals surface area contributed by atoms with Gasteiger partial charge in [0.15, 0.2) is 16.8 Å². The van der Waals surface area contributed by atoms with Gasteiger partial charge in [0.1, 0.15) is 19.0 Å². The van der Waals surface area contributed by atoms with E-state index < -0.39 is 0 Å². The first-order chi connectivity index (χ1) is 10.7. The lowest BCUT2D eigenvalue weighted by Gasteiger charge is -2.19. The third-order valence-electron chi connectivity index (χ3n) is 3.57. The lowest BCUT2D eigenvalue weighted by Crippen LogP contribution is -2.16. The molecule has 5 nitrogen and oxygen atoms in total. The minimum absolute atomic E-state index is 0.129. The Morgan fingerprint density at radius 2 is 1.86 bits per heavy atom. The van der Waals surface area contributed by atoms with Crippen molar-refractivity contribution < 1.29 is 13.9 Å². The minimum atomic E-state index is -0.129. The number of hydrogen-bond acceptors (Lipinski definition) is 5. The maximum atomic E-state index is 12.4. The second-order valence-corrected chi connectivity index (χ2v) is 5.07. The van der Waals surface area contributed by atoms with Gasteiger partial charge in [0.05, 0.1) is 5.39 Å². The topological polar surface area (TPSA) is 74.7 Å². The van der Waals surface area contributed by atoms with Gasteiger partial charge in [-0.05, 0) is 24.3 Å². The van der Waals surface area contributed by atoms with E-state index in [0.29, 0.717) is 47.1 Å². The third kappa shape index (κ3) is 1.98. The summed E-state index contributed by atoms with van der Waals surface area (Å²) in [5.41, 5.74) is 7.42. The average molecular weight is 295 g/mol. The van der Waals surface area contributed by atoms with E-state index in [4.69, 9.17) is 19.6 Å². The fraction of sp³-hybridized carbons (Fsp3) is 0.118. The van der Waals surface area contributed by atoms with Crippen molar-refractivity contribution in [2.24, 2.45) is 0 Å². The summed E-state index contributed by atoms with van der Waals surface area (Å²) in [7, 11) is 0. The van der Waals surface area contributed by atoms with Crippen LogP contribution in [0.15, 0.2) is 51.7 Å². The molecule has 1 aliphatic heterocycles. The minimum Gasteiger partial charge on any atom is -0.486 e. The van der Waals surface area contributed by atoms with Crippen LogP contribution in [0.3, 0.4) is 0 Å². The molecule has 0 aliphatic carbocycles. The molecule has 4 rings (SSSR count). The zero-order valence-electron chi connectivity index (χ0n) is 11.7. The van der Waals surface area contributed by atoms with Crippen LogP contribution in [0.1, 0.15) is 0 Å². The second kappa shape index (κ2) is 4.80. The van der Waals surface area contributed by atoms with Gasteiger partial charge < -0.3 is 19.6 Å². The van der Waals surface area contributed by atoms with Crippen molar-refractivity contribution in [2.45, 2.75) is 0 Å². The molecule has 2 heterocycles. The first-order valence-corrected chi connectivity index (χ1v) is 6.95. The summed E-state index contributed by atoms with van der Waals surface area (Å²) in [5.74, 6) is 1.52. The molecular weight excluding hydrogens is 282 g/mol. The van der Waals surface area contributed by atoms with Crippen molar-refractivity contribution in [1.82, 2.24) is 0 Å². The molecule has 1 aliphatic rings. The zero-order chi connectivity index (χ0) is 15.1. The standard InChI is InChI=1S/C17H13NO4/c18-11-3-1-2-10(8-11)15-9-13(19)12-4-5-14-17(16(12)22-15)21-7-6-20-14/h1-5,8-9H,6-7,18H2. The van der Waals surface area contributed by atoms with Crippen molar-refractivity contribution in [3.05, 3.63) is 52.7 Å². The number of benzene rings is 2. The summed E-state index contributed by atoms with van der Waals surface area (Å²) in [6.07, 6.45) is 0. The molecule has 0 unspecified atom stereocenters. The van der Waals surface area contributed by atoms with Gasteiger partial charge in [-0.3, -0.25) is 4.79 Å². The van der Waals surface area contributed by atoms with Crippen LogP contribution < -0.4 is 20.6 Å². The number of anilines is 1. The Morgan fingerprint density at radius 1 is 1.00 bits per heavy atom. The molecule has 5 heteroatoms. The quantitative estimate of drug-likeness (QED) is 0.699. The van der Waals surface area contributed by atoms with Crippen LogP contribution in [0, 0.1) is 0 Å². The van der Waals surface area contributed by atoms with Crippen LogP contribution in [0.2, 0.25) is 0 Å². The molecule has 0 atom stereocenters. The van der Waals surface area contributed by atoms with E-state index in [1.807, 2.05) is 12.1 Å². The summed E-state index contributed by atoms with van der Waals surface area (Å²) in [4.78, 5) is 12.4. The molecule has 22 heavy (non-hydrogen) atoms. The van der Waals surface area contributed by atoms with Crippen LogP contribution >= 0.6 is 0 Å². The van der Waals surface area contributed by atoms with Gasteiger partial charge in [-0.15, -0.1) is 0 Å². The summed E-state index contributed by atoms with van der Waals surface area (Å²) >= 11 is 0. The molecule has 0 amide bonds.